The first kappa shape index (κ1) is 13.8. The van der Waals surface area contributed by atoms with Gasteiger partial charge in [-0.25, -0.2) is 0 Å². The van der Waals surface area contributed by atoms with E-state index in [9.17, 15) is 4.79 Å². The minimum Gasteiger partial charge on any atom is -0.468 e. The number of carbonyl (C=O) groups excluding carboxylic acids is 1. The number of hydrogen-bond donors (Lipinski definition) is 2. The van der Waals surface area contributed by atoms with Crippen molar-refractivity contribution in [2.45, 2.75) is 33.2 Å². The molecule has 0 rings (SSSR count). The Kier molecular flexibility index (Phi) is 6.20. The lowest BCUT2D eigenvalue weighted by atomic mass is 9.86. The third-order valence-electron chi connectivity index (χ3n) is 1.99. The predicted molar refractivity (Wildman–Crippen MR) is 61.7 cm³/mol. The zero-order valence-electron chi connectivity index (χ0n) is 9.46. The van der Waals surface area contributed by atoms with Gasteiger partial charge in [0.05, 0.1) is 7.11 Å². The number of rotatable bonds is 5. The number of hydrogen-bond acceptors (Lipinski definition) is 4. The summed E-state index contributed by atoms with van der Waals surface area (Å²) >= 11 is 4.11. The highest BCUT2D eigenvalue weighted by Crippen LogP contribution is 2.20. The van der Waals surface area contributed by atoms with Crippen molar-refractivity contribution in [3.8, 4) is 0 Å². The molecule has 0 amide bonds. The van der Waals surface area contributed by atoms with E-state index in [4.69, 9.17) is 4.74 Å². The Labute approximate surface area is 92.0 Å². The van der Waals surface area contributed by atoms with E-state index in [0.29, 0.717) is 0 Å². The molecule has 0 aromatic heterocycles. The van der Waals surface area contributed by atoms with E-state index < -0.39 is 0 Å². The van der Waals surface area contributed by atoms with E-state index in [0.717, 1.165) is 18.7 Å². The minimum absolute atomic E-state index is 0.121. The molecule has 1 atom stereocenters. The van der Waals surface area contributed by atoms with Gasteiger partial charge in [0.25, 0.3) is 0 Å². The van der Waals surface area contributed by atoms with E-state index >= 15 is 0 Å². The Morgan fingerprint density at radius 2 is 2.07 bits per heavy atom. The molecule has 4 heteroatoms. The third-order valence-corrected chi connectivity index (χ3v) is 2.30. The summed E-state index contributed by atoms with van der Waals surface area (Å²) in [6.45, 7) is 6.84. The third kappa shape index (κ3) is 4.86. The van der Waals surface area contributed by atoms with Gasteiger partial charge in [-0.1, -0.05) is 20.8 Å². The van der Waals surface area contributed by atoms with Crippen molar-refractivity contribution in [3.05, 3.63) is 0 Å². The van der Waals surface area contributed by atoms with Crippen LogP contribution in [0.2, 0.25) is 0 Å². The van der Waals surface area contributed by atoms with Crippen molar-refractivity contribution in [2.24, 2.45) is 5.41 Å². The van der Waals surface area contributed by atoms with Crippen molar-refractivity contribution < 1.29 is 9.53 Å². The van der Waals surface area contributed by atoms with Crippen LogP contribution in [0.5, 0.6) is 0 Å². The van der Waals surface area contributed by atoms with E-state index in [1.807, 2.05) is 20.8 Å². The van der Waals surface area contributed by atoms with Gasteiger partial charge in [-0.15, -0.1) is 0 Å². The largest absolute Gasteiger partial charge is 0.468 e. The second-order valence-electron chi connectivity index (χ2n) is 4.35. The number of thiol groups is 1. The lowest BCUT2D eigenvalue weighted by molar-refractivity contribution is -0.146. The van der Waals surface area contributed by atoms with Crippen LogP contribution in [0.25, 0.3) is 0 Å². The first-order valence-corrected chi connectivity index (χ1v) is 5.48. The van der Waals surface area contributed by atoms with Gasteiger partial charge in [0.2, 0.25) is 0 Å². The highest BCUT2D eigenvalue weighted by atomic mass is 32.1. The normalized spacial score (nSPS) is 13.8. The molecule has 0 saturated heterocycles. The van der Waals surface area contributed by atoms with Crippen molar-refractivity contribution >= 4 is 18.6 Å². The van der Waals surface area contributed by atoms with Crippen LogP contribution >= 0.6 is 12.6 Å². The van der Waals surface area contributed by atoms with E-state index in [-0.39, 0.29) is 17.4 Å². The fourth-order valence-electron chi connectivity index (χ4n) is 1.19. The minimum atomic E-state index is -0.243. The highest BCUT2D eigenvalue weighted by molar-refractivity contribution is 7.80. The fourth-order valence-corrected chi connectivity index (χ4v) is 1.34. The summed E-state index contributed by atoms with van der Waals surface area (Å²) in [7, 11) is 1.42. The van der Waals surface area contributed by atoms with Gasteiger partial charge in [-0.05, 0) is 24.1 Å². The van der Waals surface area contributed by atoms with E-state index in [2.05, 4.69) is 17.9 Å². The first-order valence-electron chi connectivity index (χ1n) is 4.85. The molecule has 0 radical (unpaired) electrons. The molecule has 0 heterocycles. The van der Waals surface area contributed by atoms with Gasteiger partial charge in [0, 0.05) is 0 Å². The molecule has 0 bridgehead atoms. The Balaban J connectivity index is 4.19. The number of methoxy groups -OCH3 is 1. The Morgan fingerprint density at radius 3 is 2.43 bits per heavy atom. The van der Waals surface area contributed by atoms with Crippen molar-refractivity contribution in [1.82, 2.24) is 5.32 Å². The summed E-state index contributed by atoms with van der Waals surface area (Å²) in [6, 6.07) is -0.243. The van der Waals surface area contributed by atoms with Crippen LogP contribution < -0.4 is 5.32 Å². The summed E-state index contributed by atoms with van der Waals surface area (Å²) in [4.78, 5) is 11.4. The smallest absolute Gasteiger partial charge is 0.323 e. The van der Waals surface area contributed by atoms with Crippen LogP contribution in [0.4, 0.5) is 0 Å². The summed E-state index contributed by atoms with van der Waals surface area (Å²) in [5, 5.41) is 3.19. The van der Waals surface area contributed by atoms with Crippen LogP contribution in [-0.4, -0.2) is 31.4 Å². The summed E-state index contributed by atoms with van der Waals surface area (Å²) in [5.74, 6) is 0.627. The van der Waals surface area contributed by atoms with Gasteiger partial charge in [-0.3, -0.25) is 4.79 Å². The average molecular weight is 219 g/mol. The van der Waals surface area contributed by atoms with Crippen LogP contribution in [0, 0.1) is 5.41 Å². The zero-order chi connectivity index (χ0) is 11.2. The monoisotopic (exact) mass is 219 g/mol. The van der Waals surface area contributed by atoms with Crippen LogP contribution in [0.15, 0.2) is 0 Å². The molecule has 0 aromatic carbocycles. The van der Waals surface area contributed by atoms with Gasteiger partial charge in [0.1, 0.15) is 6.04 Å². The Hall–Kier alpha value is -0.220. The lowest BCUT2D eigenvalue weighted by Crippen LogP contribution is -2.47. The van der Waals surface area contributed by atoms with Crippen LogP contribution in [0.1, 0.15) is 27.2 Å². The molecule has 0 fully saturated rings. The second kappa shape index (κ2) is 6.30. The lowest BCUT2D eigenvalue weighted by Gasteiger charge is -2.29. The fraction of sp³-hybridized carbons (Fsp3) is 0.900. The topological polar surface area (TPSA) is 38.3 Å². The zero-order valence-corrected chi connectivity index (χ0v) is 10.4. The molecule has 84 valence electrons. The molecule has 0 unspecified atom stereocenters. The van der Waals surface area contributed by atoms with Gasteiger partial charge in [-0.2, -0.15) is 12.6 Å². The SMILES string of the molecule is COC(=O)[C@@H](NCCCS)C(C)(C)C. The van der Waals surface area contributed by atoms with Crippen LogP contribution in [-0.2, 0) is 9.53 Å². The van der Waals surface area contributed by atoms with Gasteiger partial charge < -0.3 is 10.1 Å². The maximum Gasteiger partial charge on any atom is 0.323 e. The van der Waals surface area contributed by atoms with Crippen molar-refractivity contribution in [2.75, 3.05) is 19.4 Å². The summed E-state index contributed by atoms with van der Waals surface area (Å²) in [6.07, 6.45) is 0.951. The van der Waals surface area contributed by atoms with E-state index in [1.165, 1.54) is 7.11 Å². The molecule has 0 aliphatic heterocycles. The average Bonchev–Trinajstić information content (AvgIpc) is 2.09. The molecule has 0 aliphatic carbocycles. The van der Waals surface area contributed by atoms with Crippen molar-refractivity contribution in [1.29, 1.82) is 0 Å². The molecular weight excluding hydrogens is 198 g/mol. The molecule has 0 spiro atoms. The highest BCUT2D eigenvalue weighted by Gasteiger charge is 2.31. The van der Waals surface area contributed by atoms with E-state index in [1.54, 1.807) is 0 Å². The Morgan fingerprint density at radius 1 is 1.50 bits per heavy atom. The molecule has 0 aliphatic rings. The summed E-state index contributed by atoms with van der Waals surface area (Å²) < 4.78 is 4.75. The Bertz CT molecular complexity index is 177. The number of ether oxygens (including phenoxy) is 1. The quantitative estimate of drug-likeness (QED) is 0.418. The van der Waals surface area contributed by atoms with Crippen molar-refractivity contribution in [3.63, 3.8) is 0 Å². The summed E-state index contributed by atoms with van der Waals surface area (Å²) in [5.41, 5.74) is -0.121. The predicted octanol–water partition coefficient (Wildman–Crippen LogP) is 1.48. The van der Waals surface area contributed by atoms with Gasteiger partial charge >= 0.3 is 5.97 Å². The van der Waals surface area contributed by atoms with Gasteiger partial charge in [0.15, 0.2) is 0 Å². The van der Waals surface area contributed by atoms with Crippen LogP contribution in [0.3, 0.4) is 0 Å². The molecular formula is C10H21NO2S. The molecule has 3 nitrogen and oxygen atoms in total. The standard InChI is InChI=1S/C10H21NO2S/c1-10(2,3)8(9(12)13-4)11-6-5-7-14/h8,11,14H,5-7H2,1-4H3/t8-/m1/s1. The second-order valence-corrected chi connectivity index (χ2v) is 4.80. The first-order chi connectivity index (χ1) is 6.43. The molecule has 0 aromatic rings. The number of carbonyl (C=O) groups is 1. The molecule has 1 N–H and O–H groups in total. The number of esters is 1. The number of nitrogens with one attached hydrogen (secondary N) is 1. The maximum atomic E-state index is 11.4. The molecule has 14 heavy (non-hydrogen) atoms. The maximum absolute atomic E-state index is 11.4. The molecule has 0 saturated carbocycles.